The Morgan fingerprint density at radius 2 is 2.38 bits per heavy atom. The van der Waals surface area contributed by atoms with Crippen molar-refractivity contribution in [3.63, 3.8) is 0 Å². The van der Waals surface area contributed by atoms with E-state index < -0.39 is 0 Å². The molecule has 0 spiro atoms. The van der Waals surface area contributed by atoms with Crippen molar-refractivity contribution in [2.75, 3.05) is 19.8 Å². The Labute approximate surface area is 96.8 Å². The van der Waals surface area contributed by atoms with E-state index in [2.05, 4.69) is 18.8 Å². The maximum Gasteiger partial charge on any atom is 0.115 e. The molecule has 0 saturated carbocycles. The molecule has 1 aromatic carbocycles. The second kappa shape index (κ2) is 7.04. The van der Waals surface area contributed by atoms with Crippen LogP contribution in [-0.2, 0) is 4.74 Å². The molecule has 16 heavy (non-hydrogen) atoms. The van der Waals surface area contributed by atoms with Crippen LogP contribution >= 0.6 is 0 Å². The molecule has 0 radical (unpaired) electrons. The van der Waals surface area contributed by atoms with Gasteiger partial charge in [-0.1, -0.05) is 18.2 Å². The summed E-state index contributed by atoms with van der Waals surface area (Å²) in [5, 5.41) is 12.7. The van der Waals surface area contributed by atoms with E-state index in [4.69, 9.17) is 4.74 Å². The number of hydrogen-bond donors (Lipinski definition) is 2. The number of phenolic OH excluding ortho intramolecular Hbond substituents is 1. The first-order chi connectivity index (χ1) is 7.74. The Morgan fingerprint density at radius 3 is 3.06 bits per heavy atom. The predicted molar refractivity (Wildman–Crippen MR) is 65.5 cm³/mol. The molecule has 88 valence electrons. The third-order valence-corrected chi connectivity index (χ3v) is 2.30. The topological polar surface area (TPSA) is 41.5 Å². The van der Waals surface area contributed by atoms with Gasteiger partial charge in [-0.05, 0) is 24.6 Å². The van der Waals surface area contributed by atoms with Crippen molar-refractivity contribution in [2.45, 2.75) is 13.0 Å². The highest BCUT2D eigenvalue weighted by Crippen LogP contribution is 2.17. The quantitative estimate of drug-likeness (QED) is 0.548. The van der Waals surface area contributed by atoms with Crippen molar-refractivity contribution >= 4 is 0 Å². The molecule has 0 aliphatic rings. The standard InChI is InChI=1S/C13H19NO2/c1-3-8-16-9-7-14-11(2)12-5-4-6-13(15)10-12/h3-6,10-11,14-15H,1,7-9H2,2H3/t11-/m0/s1. The van der Waals surface area contributed by atoms with Gasteiger partial charge in [-0.25, -0.2) is 0 Å². The molecule has 0 aliphatic carbocycles. The first-order valence-electron chi connectivity index (χ1n) is 5.45. The van der Waals surface area contributed by atoms with Gasteiger partial charge in [-0.3, -0.25) is 0 Å². The summed E-state index contributed by atoms with van der Waals surface area (Å²) in [4.78, 5) is 0. The second-order valence-corrected chi connectivity index (χ2v) is 3.63. The summed E-state index contributed by atoms with van der Waals surface area (Å²) in [7, 11) is 0. The van der Waals surface area contributed by atoms with Gasteiger partial charge in [0.15, 0.2) is 0 Å². The molecule has 1 atom stereocenters. The number of phenols is 1. The number of nitrogens with one attached hydrogen (secondary N) is 1. The van der Waals surface area contributed by atoms with Crippen molar-refractivity contribution in [3.05, 3.63) is 42.5 Å². The monoisotopic (exact) mass is 221 g/mol. The van der Waals surface area contributed by atoms with Crippen LogP contribution in [0.5, 0.6) is 5.75 Å². The molecule has 1 rings (SSSR count). The van der Waals surface area contributed by atoms with Crippen LogP contribution in [0.4, 0.5) is 0 Å². The lowest BCUT2D eigenvalue weighted by Gasteiger charge is -2.14. The van der Waals surface area contributed by atoms with E-state index in [1.165, 1.54) is 0 Å². The van der Waals surface area contributed by atoms with Gasteiger partial charge in [-0.2, -0.15) is 0 Å². The molecule has 0 unspecified atom stereocenters. The lowest BCUT2D eigenvalue weighted by atomic mass is 10.1. The highest BCUT2D eigenvalue weighted by atomic mass is 16.5. The summed E-state index contributed by atoms with van der Waals surface area (Å²) in [5.74, 6) is 0.300. The number of hydrogen-bond acceptors (Lipinski definition) is 3. The van der Waals surface area contributed by atoms with Gasteiger partial charge in [0.25, 0.3) is 0 Å². The van der Waals surface area contributed by atoms with Crippen LogP contribution in [0.15, 0.2) is 36.9 Å². The Kier molecular flexibility index (Phi) is 5.61. The molecule has 0 fully saturated rings. The molecule has 1 aromatic rings. The van der Waals surface area contributed by atoms with Crippen LogP contribution in [-0.4, -0.2) is 24.9 Å². The van der Waals surface area contributed by atoms with E-state index >= 15 is 0 Å². The molecule has 0 saturated heterocycles. The van der Waals surface area contributed by atoms with Crippen LogP contribution in [0.3, 0.4) is 0 Å². The summed E-state index contributed by atoms with van der Waals surface area (Å²) in [6.07, 6.45) is 1.73. The minimum absolute atomic E-state index is 0.208. The molecule has 3 heteroatoms. The van der Waals surface area contributed by atoms with Crippen LogP contribution in [0.25, 0.3) is 0 Å². The summed E-state index contributed by atoms with van der Waals surface area (Å²) in [6, 6.07) is 7.48. The van der Waals surface area contributed by atoms with E-state index in [1.54, 1.807) is 18.2 Å². The molecular formula is C13H19NO2. The summed E-state index contributed by atoms with van der Waals surface area (Å²) < 4.78 is 5.26. The zero-order chi connectivity index (χ0) is 11.8. The lowest BCUT2D eigenvalue weighted by molar-refractivity contribution is 0.162. The summed E-state index contributed by atoms with van der Waals surface area (Å²) in [6.45, 7) is 7.67. The van der Waals surface area contributed by atoms with Crippen molar-refractivity contribution in [1.29, 1.82) is 0 Å². The highest BCUT2D eigenvalue weighted by molar-refractivity contribution is 5.28. The molecular weight excluding hydrogens is 202 g/mol. The largest absolute Gasteiger partial charge is 0.508 e. The van der Waals surface area contributed by atoms with Gasteiger partial charge in [0.2, 0.25) is 0 Å². The maximum absolute atomic E-state index is 9.34. The first kappa shape index (κ1) is 12.7. The zero-order valence-corrected chi connectivity index (χ0v) is 9.65. The number of aromatic hydroxyl groups is 1. The smallest absolute Gasteiger partial charge is 0.115 e. The molecule has 0 bridgehead atoms. The molecule has 2 N–H and O–H groups in total. The molecule has 0 aliphatic heterocycles. The van der Waals surface area contributed by atoms with Gasteiger partial charge < -0.3 is 15.2 Å². The van der Waals surface area contributed by atoms with E-state index in [9.17, 15) is 5.11 Å². The van der Waals surface area contributed by atoms with Crippen LogP contribution in [0.2, 0.25) is 0 Å². The van der Waals surface area contributed by atoms with Crippen LogP contribution in [0, 0.1) is 0 Å². The zero-order valence-electron chi connectivity index (χ0n) is 9.65. The summed E-state index contributed by atoms with van der Waals surface area (Å²) in [5.41, 5.74) is 1.07. The fourth-order valence-corrected chi connectivity index (χ4v) is 1.43. The Bertz CT molecular complexity index is 325. The van der Waals surface area contributed by atoms with Gasteiger partial charge in [0.05, 0.1) is 13.2 Å². The highest BCUT2D eigenvalue weighted by Gasteiger charge is 2.04. The summed E-state index contributed by atoms with van der Waals surface area (Å²) >= 11 is 0. The van der Waals surface area contributed by atoms with Crippen LogP contribution in [0.1, 0.15) is 18.5 Å². The van der Waals surface area contributed by atoms with Gasteiger partial charge >= 0.3 is 0 Å². The normalized spacial score (nSPS) is 12.3. The fraction of sp³-hybridized carbons (Fsp3) is 0.385. The molecule has 0 aromatic heterocycles. The van der Waals surface area contributed by atoms with E-state index in [0.29, 0.717) is 19.0 Å². The third-order valence-electron chi connectivity index (χ3n) is 2.30. The van der Waals surface area contributed by atoms with Gasteiger partial charge in [0, 0.05) is 12.6 Å². The molecule has 0 heterocycles. The Hall–Kier alpha value is -1.32. The molecule has 3 nitrogen and oxygen atoms in total. The van der Waals surface area contributed by atoms with E-state index in [0.717, 1.165) is 12.1 Å². The number of benzene rings is 1. The second-order valence-electron chi connectivity index (χ2n) is 3.63. The minimum atomic E-state index is 0.208. The van der Waals surface area contributed by atoms with Crippen molar-refractivity contribution in [1.82, 2.24) is 5.32 Å². The average Bonchev–Trinajstić information content (AvgIpc) is 2.28. The lowest BCUT2D eigenvalue weighted by Crippen LogP contribution is -2.23. The predicted octanol–water partition coefficient (Wildman–Crippen LogP) is 2.25. The van der Waals surface area contributed by atoms with Crippen molar-refractivity contribution in [3.8, 4) is 5.75 Å². The minimum Gasteiger partial charge on any atom is -0.508 e. The number of rotatable bonds is 7. The number of ether oxygens (including phenoxy) is 1. The first-order valence-corrected chi connectivity index (χ1v) is 5.45. The van der Waals surface area contributed by atoms with E-state index in [-0.39, 0.29) is 6.04 Å². The van der Waals surface area contributed by atoms with Crippen molar-refractivity contribution in [2.24, 2.45) is 0 Å². The Morgan fingerprint density at radius 1 is 1.56 bits per heavy atom. The van der Waals surface area contributed by atoms with Crippen molar-refractivity contribution < 1.29 is 9.84 Å². The van der Waals surface area contributed by atoms with Crippen LogP contribution < -0.4 is 5.32 Å². The fourth-order valence-electron chi connectivity index (χ4n) is 1.43. The Balaban J connectivity index is 2.29. The van der Waals surface area contributed by atoms with Gasteiger partial charge in [0.1, 0.15) is 5.75 Å². The van der Waals surface area contributed by atoms with Gasteiger partial charge in [-0.15, -0.1) is 6.58 Å². The SMILES string of the molecule is C=CCOCCN[C@@H](C)c1cccc(O)c1. The van der Waals surface area contributed by atoms with E-state index in [1.807, 2.05) is 12.1 Å². The average molecular weight is 221 g/mol. The maximum atomic E-state index is 9.34. The third kappa shape index (κ3) is 4.47. The molecule has 0 amide bonds.